The number of nitrogens with one attached hydrogen (secondary N) is 3. The SMILES string of the molecule is CCNCCCNC(=O)NC(CC)(CC)C(=O)O. The molecule has 0 aliphatic rings. The zero-order valence-corrected chi connectivity index (χ0v) is 11.5. The van der Waals surface area contributed by atoms with Crippen LogP contribution in [0.3, 0.4) is 0 Å². The maximum atomic E-state index is 11.6. The third-order valence-corrected chi connectivity index (χ3v) is 3.04. The molecule has 0 unspecified atom stereocenters. The lowest BCUT2D eigenvalue weighted by Gasteiger charge is -2.28. The molecule has 0 rings (SSSR count). The summed E-state index contributed by atoms with van der Waals surface area (Å²) in [5.41, 5.74) is -1.16. The van der Waals surface area contributed by atoms with Crippen LogP contribution in [0.25, 0.3) is 0 Å². The number of urea groups is 1. The first kappa shape index (κ1) is 16.7. The van der Waals surface area contributed by atoms with Crippen molar-refractivity contribution in [3.63, 3.8) is 0 Å². The van der Waals surface area contributed by atoms with Crippen LogP contribution in [0.15, 0.2) is 0 Å². The lowest BCUT2D eigenvalue weighted by atomic mass is 9.93. The normalized spacial score (nSPS) is 11.1. The van der Waals surface area contributed by atoms with Gasteiger partial charge >= 0.3 is 12.0 Å². The Morgan fingerprint density at radius 1 is 1.11 bits per heavy atom. The number of carbonyl (C=O) groups is 2. The summed E-state index contributed by atoms with van der Waals surface area (Å²) in [7, 11) is 0. The molecule has 18 heavy (non-hydrogen) atoms. The fraction of sp³-hybridized carbons (Fsp3) is 0.833. The summed E-state index contributed by atoms with van der Waals surface area (Å²) in [6.07, 6.45) is 1.55. The van der Waals surface area contributed by atoms with Gasteiger partial charge in [-0.2, -0.15) is 0 Å². The van der Waals surface area contributed by atoms with Crippen LogP contribution in [0.1, 0.15) is 40.0 Å². The van der Waals surface area contributed by atoms with Gasteiger partial charge in [0.2, 0.25) is 0 Å². The second kappa shape index (κ2) is 8.74. The Kier molecular flexibility index (Phi) is 8.11. The molecule has 0 aromatic rings. The van der Waals surface area contributed by atoms with E-state index in [0.717, 1.165) is 19.5 Å². The minimum atomic E-state index is -1.16. The van der Waals surface area contributed by atoms with Crippen LogP contribution < -0.4 is 16.0 Å². The summed E-state index contributed by atoms with van der Waals surface area (Å²) in [4.78, 5) is 22.8. The van der Waals surface area contributed by atoms with Gasteiger partial charge in [-0.05, 0) is 32.4 Å². The van der Waals surface area contributed by atoms with E-state index in [4.69, 9.17) is 5.11 Å². The molecule has 0 saturated heterocycles. The third-order valence-electron chi connectivity index (χ3n) is 3.04. The van der Waals surface area contributed by atoms with Gasteiger partial charge < -0.3 is 21.1 Å². The third kappa shape index (κ3) is 5.35. The van der Waals surface area contributed by atoms with Gasteiger partial charge in [0, 0.05) is 6.54 Å². The summed E-state index contributed by atoms with van der Waals surface area (Å²) in [5.74, 6) is -0.990. The molecule has 0 aromatic carbocycles. The largest absolute Gasteiger partial charge is 0.480 e. The first-order valence-electron chi connectivity index (χ1n) is 6.52. The van der Waals surface area contributed by atoms with Crippen LogP contribution in [0.5, 0.6) is 0 Å². The van der Waals surface area contributed by atoms with E-state index in [1.807, 2.05) is 6.92 Å². The maximum Gasteiger partial charge on any atom is 0.329 e. The summed E-state index contributed by atoms with van der Waals surface area (Å²) in [5, 5.41) is 17.5. The highest BCUT2D eigenvalue weighted by Crippen LogP contribution is 2.14. The monoisotopic (exact) mass is 259 g/mol. The standard InChI is InChI=1S/C12H25N3O3/c1-4-12(5-2,10(16)17)15-11(18)14-9-7-8-13-6-3/h13H,4-9H2,1-3H3,(H,16,17)(H2,14,15,18). The van der Waals surface area contributed by atoms with Crippen LogP contribution >= 0.6 is 0 Å². The molecule has 0 fully saturated rings. The highest BCUT2D eigenvalue weighted by atomic mass is 16.4. The van der Waals surface area contributed by atoms with Crippen molar-refractivity contribution in [1.29, 1.82) is 0 Å². The highest BCUT2D eigenvalue weighted by Gasteiger charge is 2.36. The van der Waals surface area contributed by atoms with E-state index in [-0.39, 0.29) is 0 Å². The van der Waals surface area contributed by atoms with Crippen molar-refractivity contribution in [2.24, 2.45) is 0 Å². The molecule has 6 heteroatoms. The van der Waals surface area contributed by atoms with Gasteiger partial charge in [0.05, 0.1) is 0 Å². The maximum absolute atomic E-state index is 11.6. The van der Waals surface area contributed by atoms with E-state index >= 15 is 0 Å². The zero-order valence-electron chi connectivity index (χ0n) is 11.5. The van der Waals surface area contributed by atoms with Crippen molar-refractivity contribution in [2.75, 3.05) is 19.6 Å². The molecule has 6 nitrogen and oxygen atoms in total. The number of carboxylic acid groups (broad SMARTS) is 1. The Morgan fingerprint density at radius 3 is 2.17 bits per heavy atom. The summed E-state index contributed by atoms with van der Waals surface area (Å²) < 4.78 is 0. The number of rotatable bonds is 9. The van der Waals surface area contributed by atoms with Crippen molar-refractivity contribution in [2.45, 2.75) is 45.6 Å². The molecular formula is C12H25N3O3. The van der Waals surface area contributed by atoms with Crippen molar-refractivity contribution < 1.29 is 14.7 Å². The van der Waals surface area contributed by atoms with Gasteiger partial charge in [0.15, 0.2) is 0 Å². The Morgan fingerprint density at radius 2 is 1.72 bits per heavy atom. The van der Waals surface area contributed by atoms with Crippen LogP contribution in [0.2, 0.25) is 0 Å². The van der Waals surface area contributed by atoms with Crippen molar-refractivity contribution in [1.82, 2.24) is 16.0 Å². The van der Waals surface area contributed by atoms with Gasteiger partial charge in [-0.3, -0.25) is 0 Å². The van der Waals surface area contributed by atoms with Crippen LogP contribution in [0.4, 0.5) is 4.79 Å². The zero-order chi connectivity index (χ0) is 14.0. The topological polar surface area (TPSA) is 90.5 Å². The van der Waals surface area contributed by atoms with Crippen molar-refractivity contribution in [3.8, 4) is 0 Å². The molecule has 0 bridgehead atoms. The van der Waals surface area contributed by atoms with E-state index in [1.54, 1.807) is 13.8 Å². The van der Waals surface area contributed by atoms with E-state index in [0.29, 0.717) is 19.4 Å². The number of carbonyl (C=O) groups excluding carboxylic acids is 1. The number of aliphatic carboxylic acids is 1. The number of hydrogen-bond acceptors (Lipinski definition) is 3. The molecule has 0 saturated carbocycles. The molecule has 0 aliphatic carbocycles. The van der Waals surface area contributed by atoms with Gasteiger partial charge in [-0.25, -0.2) is 9.59 Å². The molecule has 0 heterocycles. The summed E-state index contributed by atoms with van der Waals surface area (Å²) in [6, 6.07) is -0.419. The lowest BCUT2D eigenvalue weighted by Crippen LogP contribution is -2.56. The average Bonchev–Trinajstić information content (AvgIpc) is 2.35. The first-order chi connectivity index (χ1) is 8.52. The van der Waals surface area contributed by atoms with Crippen LogP contribution in [-0.2, 0) is 4.79 Å². The van der Waals surface area contributed by atoms with E-state index in [9.17, 15) is 9.59 Å². The predicted octanol–water partition coefficient (Wildman–Crippen LogP) is 0.929. The molecule has 0 radical (unpaired) electrons. The Balaban J connectivity index is 4.08. The smallest absolute Gasteiger partial charge is 0.329 e. The van der Waals surface area contributed by atoms with E-state index in [2.05, 4.69) is 16.0 Å². The van der Waals surface area contributed by atoms with Crippen LogP contribution in [-0.4, -0.2) is 42.3 Å². The predicted molar refractivity (Wildman–Crippen MR) is 70.6 cm³/mol. The molecule has 0 aliphatic heterocycles. The molecule has 4 N–H and O–H groups in total. The second-order valence-electron chi connectivity index (χ2n) is 4.18. The van der Waals surface area contributed by atoms with Gasteiger partial charge in [-0.1, -0.05) is 20.8 Å². The Bertz CT molecular complexity index is 265. The number of carboxylic acids is 1. The summed E-state index contributed by atoms with van der Waals surface area (Å²) >= 11 is 0. The van der Waals surface area contributed by atoms with Crippen molar-refractivity contribution in [3.05, 3.63) is 0 Å². The molecule has 0 aromatic heterocycles. The van der Waals surface area contributed by atoms with Gasteiger partial charge in [-0.15, -0.1) is 0 Å². The lowest BCUT2D eigenvalue weighted by molar-refractivity contribution is -0.144. The van der Waals surface area contributed by atoms with Gasteiger partial charge in [0.25, 0.3) is 0 Å². The Labute approximate surface area is 109 Å². The quantitative estimate of drug-likeness (QED) is 0.464. The minimum absolute atomic E-state index is 0.365. The number of amides is 2. The van der Waals surface area contributed by atoms with E-state index < -0.39 is 17.5 Å². The molecule has 0 spiro atoms. The minimum Gasteiger partial charge on any atom is -0.480 e. The molecular weight excluding hydrogens is 234 g/mol. The molecule has 2 amide bonds. The fourth-order valence-electron chi connectivity index (χ4n) is 1.64. The Hall–Kier alpha value is -1.30. The van der Waals surface area contributed by atoms with E-state index in [1.165, 1.54) is 0 Å². The molecule has 106 valence electrons. The highest BCUT2D eigenvalue weighted by molar-refractivity contribution is 5.86. The van der Waals surface area contributed by atoms with Crippen molar-refractivity contribution >= 4 is 12.0 Å². The second-order valence-corrected chi connectivity index (χ2v) is 4.18. The van der Waals surface area contributed by atoms with Crippen LogP contribution in [0, 0.1) is 0 Å². The average molecular weight is 259 g/mol. The number of hydrogen-bond donors (Lipinski definition) is 4. The fourth-order valence-corrected chi connectivity index (χ4v) is 1.64. The summed E-state index contributed by atoms with van der Waals surface area (Å²) in [6.45, 7) is 7.79. The molecule has 0 atom stereocenters. The van der Waals surface area contributed by atoms with Gasteiger partial charge in [0.1, 0.15) is 5.54 Å². The first-order valence-corrected chi connectivity index (χ1v) is 6.52.